The van der Waals surface area contributed by atoms with E-state index in [1.54, 1.807) is 25.3 Å². The van der Waals surface area contributed by atoms with Crippen molar-refractivity contribution in [1.82, 2.24) is 5.32 Å². The smallest absolute Gasteiger partial charge is 0.224 e. The Hall–Kier alpha value is -1.79. The van der Waals surface area contributed by atoms with Gasteiger partial charge in [0.2, 0.25) is 5.91 Å². The molecule has 3 N–H and O–H groups in total. The maximum absolute atomic E-state index is 11.8. The summed E-state index contributed by atoms with van der Waals surface area (Å²) in [5, 5.41) is 21.1. The third-order valence-corrected chi connectivity index (χ3v) is 2.85. The first-order valence-corrected chi connectivity index (χ1v) is 6.22. The second-order valence-electron chi connectivity index (χ2n) is 4.79. The normalized spacial score (nSPS) is 13.4. The minimum atomic E-state index is -1.32. The van der Waals surface area contributed by atoms with Crippen molar-refractivity contribution in [2.24, 2.45) is 0 Å². The first kappa shape index (κ1) is 16.3. The fourth-order valence-corrected chi connectivity index (χ4v) is 1.58. The summed E-state index contributed by atoms with van der Waals surface area (Å²) < 4.78 is 10.3. The summed E-state index contributed by atoms with van der Waals surface area (Å²) in [4.78, 5) is 11.8. The SMILES string of the molecule is COc1ccc(CC(=O)NCC(C)(O)CO)c(OC)c1. The average molecular weight is 283 g/mol. The van der Waals surface area contributed by atoms with Gasteiger partial charge in [0.15, 0.2) is 0 Å². The maximum atomic E-state index is 11.8. The lowest BCUT2D eigenvalue weighted by atomic mass is 10.1. The van der Waals surface area contributed by atoms with E-state index in [2.05, 4.69) is 5.32 Å². The molecule has 0 saturated heterocycles. The van der Waals surface area contributed by atoms with Crippen LogP contribution in [0, 0.1) is 0 Å². The predicted octanol–water partition coefficient (Wildman–Crippen LogP) is 0.106. The van der Waals surface area contributed by atoms with Crippen molar-refractivity contribution in [3.8, 4) is 11.5 Å². The van der Waals surface area contributed by atoms with E-state index >= 15 is 0 Å². The molecule has 20 heavy (non-hydrogen) atoms. The molecule has 6 heteroatoms. The fourth-order valence-electron chi connectivity index (χ4n) is 1.58. The second kappa shape index (κ2) is 7.12. The van der Waals surface area contributed by atoms with Gasteiger partial charge in [-0.25, -0.2) is 0 Å². The standard InChI is InChI=1S/C14H21NO5/c1-14(18,9-16)8-15-13(17)6-10-4-5-11(19-2)7-12(10)20-3/h4-5,7,16,18H,6,8-9H2,1-3H3,(H,15,17). The summed E-state index contributed by atoms with van der Waals surface area (Å²) in [5.74, 6) is 0.949. The van der Waals surface area contributed by atoms with Crippen LogP contribution >= 0.6 is 0 Å². The zero-order chi connectivity index (χ0) is 15.2. The number of rotatable bonds is 7. The van der Waals surface area contributed by atoms with Gasteiger partial charge < -0.3 is 25.0 Å². The lowest BCUT2D eigenvalue weighted by Crippen LogP contribution is -2.43. The van der Waals surface area contributed by atoms with Crippen LogP contribution in [-0.2, 0) is 11.2 Å². The van der Waals surface area contributed by atoms with Gasteiger partial charge in [-0.05, 0) is 13.0 Å². The van der Waals surface area contributed by atoms with Gasteiger partial charge >= 0.3 is 0 Å². The van der Waals surface area contributed by atoms with Crippen LogP contribution in [0.5, 0.6) is 11.5 Å². The van der Waals surface area contributed by atoms with Crippen LogP contribution in [0.2, 0.25) is 0 Å². The van der Waals surface area contributed by atoms with Crippen LogP contribution in [0.3, 0.4) is 0 Å². The van der Waals surface area contributed by atoms with Gasteiger partial charge in [-0.15, -0.1) is 0 Å². The van der Waals surface area contributed by atoms with Crippen LogP contribution in [0.1, 0.15) is 12.5 Å². The molecule has 0 bridgehead atoms. The highest BCUT2D eigenvalue weighted by Gasteiger charge is 2.20. The largest absolute Gasteiger partial charge is 0.497 e. The van der Waals surface area contributed by atoms with Crippen molar-refractivity contribution in [1.29, 1.82) is 0 Å². The van der Waals surface area contributed by atoms with Crippen molar-refractivity contribution in [2.75, 3.05) is 27.4 Å². The molecule has 0 aliphatic rings. The molecule has 0 aliphatic carbocycles. The van der Waals surface area contributed by atoms with Gasteiger partial charge in [-0.2, -0.15) is 0 Å². The van der Waals surface area contributed by atoms with Gasteiger partial charge in [0.25, 0.3) is 0 Å². The first-order chi connectivity index (χ1) is 9.41. The molecule has 0 fully saturated rings. The van der Waals surface area contributed by atoms with Crippen LogP contribution in [0.25, 0.3) is 0 Å². The highest BCUT2D eigenvalue weighted by Crippen LogP contribution is 2.24. The van der Waals surface area contributed by atoms with Gasteiger partial charge in [-0.1, -0.05) is 6.07 Å². The number of methoxy groups -OCH3 is 2. The number of hydrogen-bond acceptors (Lipinski definition) is 5. The Balaban J connectivity index is 2.66. The fraction of sp³-hybridized carbons (Fsp3) is 0.500. The van der Waals surface area contributed by atoms with Gasteiger partial charge in [0, 0.05) is 18.2 Å². The van der Waals surface area contributed by atoms with Gasteiger partial charge in [-0.3, -0.25) is 4.79 Å². The molecule has 1 amide bonds. The van der Waals surface area contributed by atoms with E-state index in [9.17, 15) is 9.90 Å². The van der Waals surface area contributed by atoms with E-state index in [4.69, 9.17) is 14.6 Å². The number of nitrogens with one attached hydrogen (secondary N) is 1. The molecule has 0 saturated carbocycles. The van der Waals surface area contributed by atoms with Crippen LogP contribution in [0.4, 0.5) is 0 Å². The number of carbonyl (C=O) groups is 1. The zero-order valence-corrected chi connectivity index (χ0v) is 12.0. The van der Waals surface area contributed by atoms with Crippen molar-refractivity contribution >= 4 is 5.91 Å². The second-order valence-corrected chi connectivity index (χ2v) is 4.79. The number of aliphatic hydroxyl groups excluding tert-OH is 1. The number of aliphatic hydroxyl groups is 2. The Bertz CT molecular complexity index is 459. The highest BCUT2D eigenvalue weighted by atomic mass is 16.5. The summed E-state index contributed by atoms with van der Waals surface area (Å²) in [6, 6.07) is 5.20. The quantitative estimate of drug-likeness (QED) is 0.661. The molecule has 0 radical (unpaired) electrons. The summed E-state index contributed by atoms with van der Waals surface area (Å²) in [6.45, 7) is 1.02. The van der Waals surface area contributed by atoms with Crippen LogP contribution in [0.15, 0.2) is 18.2 Å². The number of hydrogen-bond donors (Lipinski definition) is 3. The molecule has 1 atom stereocenters. The summed E-state index contributed by atoms with van der Waals surface area (Å²) in [7, 11) is 3.07. The molecule has 1 aromatic carbocycles. The molecule has 6 nitrogen and oxygen atoms in total. The topological polar surface area (TPSA) is 88.0 Å². The lowest BCUT2D eigenvalue weighted by Gasteiger charge is -2.20. The minimum Gasteiger partial charge on any atom is -0.497 e. The Labute approximate surface area is 118 Å². The summed E-state index contributed by atoms with van der Waals surface area (Å²) in [6.07, 6.45) is 0.120. The molecule has 0 heterocycles. The van der Waals surface area contributed by atoms with Crippen LogP contribution < -0.4 is 14.8 Å². The monoisotopic (exact) mass is 283 g/mol. The van der Waals surface area contributed by atoms with Crippen molar-refractivity contribution in [3.05, 3.63) is 23.8 Å². The van der Waals surface area contributed by atoms with Crippen LogP contribution in [-0.4, -0.2) is 49.1 Å². The maximum Gasteiger partial charge on any atom is 0.224 e. The van der Waals surface area contributed by atoms with E-state index in [1.807, 2.05) is 0 Å². The summed E-state index contributed by atoms with van der Waals surface area (Å²) >= 11 is 0. The number of carbonyl (C=O) groups excluding carboxylic acids is 1. The number of benzene rings is 1. The Morgan fingerprint density at radius 2 is 2.05 bits per heavy atom. The summed E-state index contributed by atoms with van der Waals surface area (Å²) in [5.41, 5.74) is -0.603. The van der Waals surface area contributed by atoms with E-state index in [0.29, 0.717) is 11.5 Å². The molecule has 1 rings (SSSR count). The first-order valence-electron chi connectivity index (χ1n) is 6.22. The van der Waals surface area contributed by atoms with Gasteiger partial charge in [0.1, 0.15) is 17.1 Å². The van der Waals surface area contributed by atoms with E-state index in [1.165, 1.54) is 14.0 Å². The zero-order valence-electron chi connectivity index (χ0n) is 12.0. The third-order valence-electron chi connectivity index (χ3n) is 2.85. The Morgan fingerprint density at radius 3 is 2.60 bits per heavy atom. The molecule has 1 unspecified atom stereocenters. The Kier molecular flexibility index (Phi) is 5.79. The molecule has 0 aromatic heterocycles. The van der Waals surface area contributed by atoms with Gasteiger partial charge in [0.05, 0.1) is 27.2 Å². The van der Waals surface area contributed by atoms with Crippen molar-refractivity contribution in [2.45, 2.75) is 18.9 Å². The number of amides is 1. The Morgan fingerprint density at radius 1 is 1.35 bits per heavy atom. The molecule has 1 aromatic rings. The highest BCUT2D eigenvalue weighted by molar-refractivity contribution is 5.79. The molecule has 0 spiro atoms. The lowest BCUT2D eigenvalue weighted by molar-refractivity contribution is -0.122. The average Bonchev–Trinajstić information content (AvgIpc) is 2.45. The number of ether oxygens (including phenoxy) is 2. The molecular formula is C14H21NO5. The van der Waals surface area contributed by atoms with E-state index in [0.717, 1.165) is 5.56 Å². The van der Waals surface area contributed by atoms with Crippen molar-refractivity contribution in [3.63, 3.8) is 0 Å². The molecular weight excluding hydrogens is 262 g/mol. The van der Waals surface area contributed by atoms with Crippen molar-refractivity contribution < 1.29 is 24.5 Å². The van der Waals surface area contributed by atoms with E-state index < -0.39 is 12.2 Å². The molecule has 0 aliphatic heterocycles. The predicted molar refractivity (Wildman–Crippen MR) is 74.0 cm³/mol. The molecule has 112 valence electrons. The minimum absolute atomic E-state index is 0.0131. The third kappa shape index (κ3) is 4.71. The van der Waals surface area contributed by atoms with E-state index in [-0.39, 0.29) is 18.9 Å².